The first-order valence-electron chi connectivity index (χ1n) is 10.9. The zero-order valence-electron chi connectivity index (χ0n) is 18.5. The van der Waals surface area contributed by atoms with E-state index in [2.05, 4.69) is 69.2 Å². The Morgan fingerprint density at radius 2 is 1.62 bits per heavy atom. The summed E-state index contributed by atoms with van der Waals surface area (Å²) in [5.41, 5.74) is 1.49. The highest BCUT2D eigenvalue weighted by atomic mass is 14.7. The zero-order chi connectivity index (χ0) is 18.5. The maximum atomic E-state index is 2.67. The van der Waals surface area contributed by atoms with E-state index in [9.17, 15) is 0 Å². The number of rotatable bonds is 8. The van der Waals surface area contributed by atoms with Crippen LogP contribution >= 0.6 is 0 Å². The highest BCUT2D eigenvalue weighted by molar-refractivity contribution is 5.17. The van der Waals surface area contributed by atoms with E-state index in [-0.39, 0.29) is 0 Å². The van der Waals surface area contributed by atoms with Gasteiger partial charge in [0.1, 0.15) is 0 Å². The van der Waals surface area contributed by atoms with Crippen molar-refractivity contribution in [2.24, 2.45) is 51.8 Å². The molecule has 2 aliphatic rings. The molecule has 0 heterocycles. The minimum absolute atomic E-state index is 0.420. The van der Waals surface area contributed by atoms with Gasteiger partial charge in [0.15, 0.2) is 0 Å². The van der Waals surface area contributed by atoms with Crippen LogP contribution in [-0.2, 0) is 0 Å². The molecule has 7 atom stereocenters. The van der Waals surface area contributed by atoms with E-state index in [0.717, 1.165) is 35.5 Å². The Morgan fingerprint density at radius 1 is 1.08 bits per heavy atom. The van der Waals surface area contributed by atoms with Crippen molar-refractivity contribution in [1.82, 2.24) is 0 Å². The van der Waals surface area contributed by atoms with Gasteiger partial charge in [0.25, 0.3) is 0 Å². The molecule has 0 aliphatic heterocycles. The van der Waals surface area contributed by atoms with Crippen molar-refractivity contribution in [3.8, 4) is 0 Å². The van der Waals surface area contributed by atoms with Crippen LogP contribution in [0.3, 0.4) is 0 Å². The molecule has 0 saturated heterocycles. The summed E-state index contributed by atoms with van der Waals surface area (Å²) >= 11 is 0. The van der Waals surface area contributed by atoms with E-state index in [4.69, 9.17) is 0 Å². The second-order valence-corrected chi connectivity index (χ2v) is 11.3. The van der Waals surface area contributed by atoms with Gasteiger partial charge >= 0.3 is 0 Å². The summed E-state index contributed by atoms with van der Waals surface area (Å²) in [4.78, 5) is 0. The molecule has 2 rings (SSSR count). The molecule has 0 amide bonds. The lowest BCUT2D eigenvalue weighted by molar-refractivity contribution is -0.237. The minimum atomic E-state index is 0.420. The fourth-order valence-corrected chi connectivity index (χ4v) is 7.13. The third-order valence-electron chi connectivity index (χ3n) is 9.32. The molecular formula is C24H46. The van der Waals surface area contributed by atoms with Crippen LogP contribution in [0.2, 0.25) is 0 Å². The van der Waals surface area contributed by atoms with Gasteiger partial charge < -0.3 is 0 Å². The molecule has 2 saturated carbocycles. The minimum Gasteiger partial charge on any atom is -0.0651 e. The standard InChI is InChI=1S/C24H46/c1-11-17(4)13-23(10)14-19(6)24(23,15-21-12-18(21)5)22(8,9)20(7)16(2)3/h16-21H,11-15H2,1-10H3. The van der Waals surface area contributed by atoms with E-state index in [0.29, 0.717) is 16.2 Å². The number of hydrogen-bond acceptors (Lipinski definition) is 0. The SMILES string of the molecule is CCC(C)CC1(C)CC(C)C1(CC1CC1C)C(C)(C)C(C)C(C)C. The fourth-order valence-electron chi connectivity index (χ4n) is 7.13. The molecule has 0 bridgehead atoms. The summed E-state index contributed by atoms with van der Waals surface area (Å²) in [6, 6.07) is 0. The second-order valence-electron chi connectivity index (χ2n) is 11.3. The molecule has 0 spiro atoms. The van der Waals surface area contributed by atoms with Gasteiger partial charge in [-0.3, -0.25) is 0 Å². The van der Waals surface area contributed by atoms with Crippen LogP contribution in [0, 0.1) is 51.8 Å². The monoisotopic (exact) mass is 334 g/mol. The Kier molecular flexibility index (Phi) is 5.61. The highest BCUT2D eigenvalue weighted by Crippen LogP contribution is 2.76. The normalized spacial score (nSPS) is 41.9. The molecule has 2 aliphatic carbocycles. The summed E-state index contributed by atoms with van der Waals surface area (Å²) in [5.74, 6) is 5.29. The Morgan fingerprint density at radius 3 is 2.00 bits per heavy atom. The Hall–Kier alpha value is 0. The van der Waals surface area contributed by atoms with Crippen molar-refractivity contribution in [2.45, 2.75) is 101 Å². The Bertz CT molecular complexity index is 433. The zero-order valence-corrected chi connectivity index (χ0v) is 18.5. The van der Waals surface area contributed by atoms with E-state index < -0.39 is 0 Å². The molecule has 2 fully saturated rings. The predicted molar refractivity (Wildman–Crippen MR) is 108 cm³/mol. The summed E-state index contributed by atoms with van der Waals surface area (Å²) < 4.78 is 0. The smallest absolute Gasteiger partial charge is 0.0161 e. The largest absolute Gasteiger partial charge is 0.0651 e. The molecule has 0 aromatic rings. The third kappa shape index (κ3) is 2.99. The maximum Gasteiger partial charge on any atom is -0.0161 e. The van der Waals surface area contributed by atoms with Gasteiger partial charge in [-0.1, -0.05) is 75.7 Å². The van der Waals surface area contributed by atoms with E-state index in [1.807, 2.05) is 0 Å². The van der Waals surface area contributed by atoms with E-state index in [1.165, 1.54) is 32.1 Å². The van der Waals surface area contributed by atoms with Crippen molar-refractivity contribution in [3.05, 3.63) is 0 Å². The molecule has 7 unspecified atom stereocenters. The summed E-state index contributed by atoms with van der Waals surface area (Å²) in [6.45, 7) is 25.3. The lowest BCUT2D eigenvalue weighted by Crippen LogP contribution is -2.65. The molecule has 0 aromatic carbocycles. The van der Waals surface area contributed by atoms with Gasteiger partial charge in [-0.15, -0.1) is 0 Å². The van der Waals surface area contributed by atoms with Gasteiger partial charge in [-0.05, 0) is 77.4 Å². The van der Waals surface area contributed by atoms with Crippen LogP contribution in [0.1, 0.15) is 101 Å². The van der Waals surface area contributed by atoms with Crippen molar-refractivity contribution in [2.75, 3.05) is 0 Å². The van der Waals surface area contributed by atoms with Crippen molar-refractivity contribution in [3.63, 3.8) is 0 Å². The van der Waals surface area contributed by atoms with E-state index >= 15 is 0 Å². The first-order chi connectivity index (χ1) is 10.9. The highest BCUT2D eigenvalue weighted by Gasteiger charge is 2.68. The van der Waals surface area contributed by atoms with Gasteiger partial charge in [0, 0.05) is 0 Å². The van der Waals surface area contributed by atoms with Crippen LogP contribution in [-0.4, -0.2) is 0 Å². The van der Waals surface area contributed by atoms with Crippen molar-refractivity contribution >= 4 is 0 Å². The van der Waals surface area contributed by atoms with Crippen LogP contribution in [0.5, 0.6) is 0 Å². The van der Waals surface area contributed by atoms with Crippen LogP contribution in [0.4, 0.5) is 0 Å². The maximum absolute atomic E-state index is 2.67. The van der Waals surface area contributed by atoms with Gasteiger partial charge in [0.2, 0.25) is 0 Å². The molecule has 142 valence electrons. The molecule has 0 heteroatoms. The first kappa shape index (κ1) is 20.3. The molecule has 24 heavy (non-hydrogen) atoms. The quantitative estimate of drug-likeness (QED) is 0.424. The average molecular weight is 335 g/mol. The predicted octanol–water partition coefficient (Wildman–Crippen LogP) is 7.82. The van der Waals surface area contributed by atoms with Crippen LogP contribution in [0.25, 0.3) is 0 Å². The van der Waals surface area contributed by atoms with Crippen molar-refractivity contribution < 1.29 is 0 Å². The average Bonchev–Trinajstić information content (AvgIpc) is 3.18. The summed E-state index contributed by atoms with van der Waals surface area (Å²) in [6.07, 6.45) is 7.20. The van der Waals surface area contributed by atoms with Crippen LogP contribution in [0.15, 0.2) is 0 Å². The van der Waals surface area contributed by atoms with E-state index in [1.54, 1.807) is 0 Å². The molecule has 0 radical (unpaired) electrons. The topological polar surface area (TPSA) is 0 Å². The van der Waals surface area contributed by atoms with Gasteiger partial charge in [-0.25, -0.2) is 0 Å². The van der Waals surface area contributed by atoms with Gasteiger partial charge in [0.05, 0.1) is 0 Å². The second kappa shape index (κ2) is 6.62. The van der Waals surface area contributed by atoms with Gasteiger partial charge in [-0.2, -0.15) is 0 Å². The lowest BCUT2D eigenvalue weighted by atomic mass is 9.32. The third-order valence-corrected chi connectivity index (χ3v) is 9.32. The summed E-state index contributed by atoms with van der Waals surface area (Å²) in [5, 5.41) is 0. The molecule has 0 nitrogen and oxygen atoms in total. The molecule has 0 N–H and O–H groups in total. The fraction of sp³-hybridized carbons (Fsp3) is 1.00. The van der Waals surface area contributed by atoms with Crippen LogP contribution < -0.4 is 0 Å². The summed E-state index contributed by atoms with van der Waals surface area (Å²) in [7, 11) is 0. The van der Waals surface area contributed by atoms with Crippen molar-refractivity contribution in [1.29, 1.82) is 0 Å². The number of hydrogen-bond donors (Lipinski definition) is 0. The Balaban J connectivity index is 2.42. The Labute approximate surface area is 153 Å². The molecule has 0 aromatic heterocycles. The first-order valence-corrected chi connectivity index (χ1v) is 10.9. The molecular weight excluding hydrogens is 288 g/mol. The lowest BCUT2D eigenvalue weighted by Gasteiger charge is -2.72.